The van der Waals surface area contributed by atoms with E-state index in [0.717, 1.165) is 34.3 Å². The number of rotatable bonds is 6. The van der Waals surface area contributed by atoms with E-state index in [0.29, 0.717) is 20.6 Å². The number of ether oxygens (including phenoxy) is 1. The van der Waals surface area contributed by atoms with E-state index in [1.165, 1.54) is 22.5 Å². The number of hydrogen-bond donors (Lipinski definition) is 0. The Morgan fingerprint density at radius 2 is 1.67 bits per heavy atom. The molecule has 3 heterocycles. The van der Waals surface area contributed by atoms with Gasteiger partial charge in [0.05, 0.1) is 27.9 Å². The summed E-state index contributed by atoms with van der Waals surface area (Å²) in [5.74, 6) is -0.454. The number of esters is 1. The van der Waals surface area contributed by atoms with E-state index >= 15 is 0 Å². The summed E-state index contributed by atoms with van der Waals surface area (Å²) in [4.78, 5) is 32.8. The van der Waals surface area contributed by atoms with Crippen molar-refractivity contribution in [1.82, 2.24) is 9.13 Å². The average Bonchev–Trinajstić information content (AvgIpc) is 3.42. The molecule has 0 spiro atoms. The Hall–Kier alpha value is -4.49. The summed E-state index contributed by atoms with van der Waals surface area (Å²) >= 11 is 1.35. The van der Waals surface area contributed by atoms with Crippen LogP contribution in [0.4, 0.5) is 0 Å². The van der Waals surface area contributed by atoms with Crippen LogP contribution in [-0.2, 0) is 16.1 Å². The van der Waals surface area contributed by atoms with Crippen molar-refractivity contribution in [3.63, 3.8) is 0 Å². The molecule has 0 aliphatic carbocycles. The fourth-order valence-electron chi connectivity index (χ4n) is 5.66. The maximum Gasteiger partial charge on any atom is 0.338 e. The molecule has 0 fully saturated rings. The monoisotopic (exact) mass is 575 g/mol. The molecule has 2 aromatic heterocycles. The fraction of sp³-hybridized carbons (Fsp3) is 0.229. The van der Waals surface area contributed by atoms with E-state index in [1.54, 1.807) is 4.57 Å². The predicted molar refractivity (Wildman–Crippen MR) is 168 cm³/mol. The normalized spacial score (nSPS) is 15.3. The highest BCUT2D eigenvalue weighted by Crippen LogP contribution is 2.31. The molecule has 0 saturated carbocycles. The number of nitrogens with zero attached hydrogens (tertiary/aromatic N) is 3. The minimum absolute atomic E-state index is 0.176. The van der Waals surface area contributed by atoms with Gasteiger partial charge in [-0.25, -0.2) is 9.79 Å². The summed E-state index contributed by atoms with van der Waals surface area (Å²) in [5.41, 5.74) is 7.27. The predicted octanol–water partition coefficient (Wildman–Crippen LogP) is 5.81. The van der Waals surface area contributed by atoms with Crippen molar-refractivity contribution >= 4 is 34.3 Å². The number of benzene rings is 3. The van der Waals surface area contributed by atoms with Crippen LogP contribution in [0.3, 0.4) is 0 Å². The summed E-state index contributed by atoms with van der Waals surface area (Å²) in [6.45, 7) is 10.4. The third kappa shape index (κ3) is 4.94. The van der Waals surface area contributed by atoms with Gasteiger partial charge < -0.3 is 9.30 Å². The summed E-state index contributed by atoms with van der Waals surface area (Å²) in [7, 11) is 0. The molecule has 0 saturated heterocycles. The van der Waals surface area contributed by atoms with Crippen molar-refractivity contribution in [2.24, 2.45) is 4.99 Å². The number of aromatic nitrogens is 2. The Morgan fingerprint density at radius 3 is 2.38 bits per heavy atom. The molecule has 42 heavy (non-hydrogen) atoms. The Balaban J connectivity index is 1.53. The fourth-order valence-corrected chi connectivity index (χ4v) is 6.69. The second kappa shape index (κ2) is 11.1. The lowest BCUT2D eigenvalue weighted by Crippen LogP contribution is -2.40. The Labute approximate surface area is 248 Å². The molecule has 3 aromatic carbocycles. The van der Waals surface area contributed by atoms with Gasteiger partial charge in [0, 0.05) is 28.7 Å². The SMILES string of the molecule is CC1=C(C(=O)OC(C)C)C(c2ccccc2)n2c(sc(=Cc3c(C)n(Cc4ccc(C)cc4)c4ccccc34)c2=O)=N1. The van der Waals surface area contributed by atoms with E-state index in [1.807, 2.05) is 69.3 Å². The quantitative estimate of drug-likeness (QED) is 0.240. The van der Waals surface area contributed by atoms with Gasteiger partial charge in [-0.1, -0.05) is 89.7 Å². The van der Waals surface area contributed by atoms with E-state index in [-0.39, 0.29) is 11.7 Å². The second-order valence-corrected chi connectivity index (χ2v) is 12.0. The molecule has 0 amide bonds. The number of carbonyl (C=O) groups is 1. The second-order valence-electron chi connectivity index (χ2n) is 11.0. The zero-order valence-electron chi connectivity index (χ0n) is 24.4. The largest absolute Gasteiger partial charge is 0.459 e. The molecule has 0 bridgehead atoms. The van der Waals surface area contributed by atoms with Crippen LogP contribution in [0.1, 0.15) is 54.8 Å². The van der Waals surface area contributed by atoms with Gasteiger partial charge in [-0.3, -0.25) is 9.36 Å². The van der Waals surface area contributed by atoms with E-state index in [9.17, 15) is 9.59 Å². The van der Waals surface area contributed by atoms with Gasteiger partial charge >= 0.3 is 5.97 Å². The van der Waals surface area contributed by atoms with Crippen LogP contribution in [-0.4, -0.2) is 21.2 Å². The van der Waals surface area contributed by atoms with Crippen molar-refractivity contribution in [2.75, 3.05) is 0 Å². The molecular weight excluding hydrogens is 542 g/mol. The smallest absolute Gasteiger partial charge is 0.338 e. The average molecular weight is 576 g/mol. The van der Waals surface area contributed by atoms with Crippen molar-refractivity contribution in [2.45, 2.75) is 53.3 Å². The number of fused-ring (bicyclic) bond motifs is 2. The molecule has 7 heteroatoms. The van der Waals surface area contributed by atoms with Crippen molar-refractivity contribution in [3.8, 4) is 0 Å². The van der Waals surface area contributed by atoms with Crippen molar-refractivity contribution in [3.05, 3.63) is 138 Å². The lowest BCUT2D eigenvalue weighted by molar-refractivity contribution is -0.143. The summed E-state index contributed by atoms with van der Waals surface area (Å²) < 4.78 is 10.1. The molecule has 6 rings (SSSR count). The molecule has 212 valence electrons. The number of hydrogen-bond acceptors (Lipinski definition) is 5. The molecule has 1 aliphatic heterocycles. The first-order chi connectivity index (χ1) is 20.2. The first-order valence-corrected chi connectivity index (χ1v) is 15.0. The standard InChI is InChI=1S/C35H33N3O3S/c1-21(2)41-34(40)31-23(4)36-35-38(32(31)26-11-7-6-8-12-26)33(39)30(42-35)19-28-24(5)37(29-14-10-9-13-27(28)29)20-25-17-15-22(3)16-18-25/h6-19,21,32H,20H2,1-5H3. The van der Waals surface area contributed by atoms with Crippen LogP contribution in [0.25, 0.3) is 17.0 Å². The molecular formula is C35H33N3O3S. The number of aryl methyl sites for hydroxylation is 1. The van der Waals surface area contributed by atoms with Gasteiger partial charge in [0.2, 0.25) is 0 Å². The molecule has 6 nitrogen and oxygen atoms in total. The Kier molecular flexibility index (Phi) is 7.29. The minimum atomic E-state index is -0.625. The third-order valence-electron chi connectivity index (χ3n) is 7.72. The first kappa shape index (κ1) is 27.7. The van der Waals surface area contributed by atoms with Crippen LogP contribution < -0.4 is 14.9 Å². The Bertz CT molecular complexity index is 2030. The van der Waals surface area contributed by atoms with Gasteiger partial charge in [0.1, 0.15) is 0 Å². The minimum Gasteiger partial charge on any atom is -0.459 e. The van der Waals surface area contributed by atoms with Gasteiger partial charge in [-0.15, -0.1) is 0 Å². The van der Waals surface area contributed by atoms with Gasteiger partial charge in [-0.2, -0.15) is 0 Å². The number of allylic oxidation sites excluding steroid dienone is 1. The molecule has 1 aliphatic rings. The first-order valence-electron chi connectivity index (χ1n) is 14.1. The van der Waals surface area contributed by atoms with E-state index in [2.05, 4.69) is 54.8 Å². The topological polar surface area (TPSA) is 65.6 Å². The maximum atomic E-state index is 14.2. The third-order valence-corrected chi connectivity index (χ3v) is 8.70. The highest BCUT2D eigenvalue weighted by Gasteiger charge is 2.33. The van der Waals surface area contributed by atoms with Crippen LogP contribution in [0.5, 0.6) is 0 Å². The molecule has 5 aromatic rings. The van der Waals surface area contributed by atoms with Crippen LogP contribution in [0.15, 0.2) is 99.9 Å². The van der Waals surface area contributed by atoms with Gasteiger partial charge in [0.15, 0.2) is 4.80 Å². The molecule has 0 radical (unpaired) electrons. The van der Waals surface area contributed by atoms with E-state index in [4.69, 9.17) is 9.73 Å². The highest BCUT2D eigenvalue weighted by molar-refractivity contribution is 7.07. The van der Waals surface area contributed by atoms with Gasteiger partial charge in [-0.05, 0) is 57.9 Å². The number of para-hydroxylation sites is 1. The van der Waals surface area contributed by atoms with Crippen molar-refractivity contribution in [1.29, 1.82) is 0 Å². The van der Waals surface area contributed by atoms with E-state index < -0.39 is 12.0 Å². The lowest BCUT2D eigenvalue weighted by Gasteiger charge is -2.25. The summed E-state index contributed by atoms with van der Waals surface area (Å²) in [5, 5.41) is 1.09. The zero-order chi connectivity index (χ0) is 29.5. The summed E-state index contributed by atoms with van der Waals surface area (Å²) in [6, 6.07) is 25.9. The van der Waals surface area contributed by atoms with Gasteiger partial charge in [0.25, 0.3) is 5.56 Å². The number of carbonyl (C=O) groups excluding carboxylic acids is 1. The Morgan fingerprint density at radius 1 is 0.976 bits per heavy atom. The lowest BCUT2D eigenvalue weighted by atomic mass is 9.96. The zero-order valence-corrected chi connectivity index (χ0v) is 25.2. The van der Waals surface area contributed by atoms with Crippen molar-refractivity contribution < 1.29 is 9.53 Å². The van der Waals surface area contributed by atoms with Crippen LogP contribution in [0, 0.1) is 13.8 Å². The maximum absolute atomic E-state index is 14.2. The summed E-state index contributed by atoms with van der Waals surface area (Å²) in [6.07, 6.45) is 1.69. The van der Waals surface area contributed by atoms with Crippen LogP contribution in [0.2, 0.25) is 0 Å². The molecule has 1 unspecified atom stereocenters. The molecule has 1 atom stereocenters. The molecule has 0 N–H and O–H groups in total. The number of thiazole rings is 1. The van der Waals surface area contributed by atoms with Crippen LogP contribution >= 0.6 is 11.3 Å². The highest BCUT2D eigenvalue weighted by atomic mass is 32.1.